The Morgan fingerprint density at radius 3 is 2.20 bits per heavy atom. The van der Waals surface area contributed by atoms with E-state index in [-0.39, 0.29) is 11.9 Å². The highest BCUT2D eigenvalue weighted by molar-refractivity contribution is 8.23. The molecular weight excluding hydrogens is 394 g/mol. The van der Waals surface area contributed by atoms with Gasteiger partial charge in [0.25, 0.3) is 0 Å². The smallest absolute Gasteiger partial charge is 0.246 e. The first-order chi connectivity index (χ1) is 11.9. The van der Waals surface area contributed by atoms with Crippen molar-refractivity contribution in [3.63, 3.8) is 0 Å². The molecule has 2 heterocycles. The quantitative estimate of drug-likeness (QED) is 0.594. The van der Waals surface area contributed by atoms with E-state index in [1.165, 1.54) is 0 Å². The minimum atomic E-state index is -0.320. The summed E-state index contributed by atoms with van der Waals surface area (Å²) in [6.07, 6.45) is 0. The predicted molar refractivity (Wildman–Crippen MR) is 116 cm³/mol. The topological polar surface area (TPSA) is 33.3 Å². The predicted octanol–water partition coefficient (Wildman–Crippen LogP) is 1.58. The van der Waals surface area contributed by atoms with Crippen molar-refractivity contribution < 1.29 is 4.79 Å². The molecule has 0 saturated carbocycles. The summed E-state index contributed by atoms with van der Waals surface area (Å²) in [5, 5.41) is 0. The van der Waals surface area contributed by atoms with Gasteiger partial charge in [0.1, 0.15) is 14.7 Å². The number of thiocarbonyl (C=S) groups is 2. The van der Waals surface area contributed by atoms with Crippen LogP contribution in [0.3, 0.4) is 0 Å². The average Bonchev–Trinajstić information content (AvgIpc) is 2.61. The Kier molecular flexibility index (Phi) is 8.22. The fraction of sp³-hybridized carbons (Fsp3) is 0.800. The standard InChI is InChI=1S/C15H27N5OS4/c1-5-17-8-19(14(22)24-10-17)7-12(13(21)16(3)4)20-9-18(6-2)11-25-15(20)23/h12H,5-11H2,1-4H3. The number of amides is 1. The van der Waals surface area contributed by atoms with Crippen LogP contribution in [0.2, 0.25) is 0 Å². The molecule has 1 unspecified atom stereocenters. The van der Waals surface area contributed by atoms with Crippen LogP contribution in [0.25, 0.3) is 0 Å². The minimum absolute atomic E-state index is 0.0716. The summed E-state index contributed by atoms with van der Waals surface area (Å²) in [5.41, 5.74) is 0. The summed E-state index contributed by atoms with van der Waals surface area (Å²) in [5.74, 6) is 1.87. The van der Waals surface area contributed by atoms with Crippen molar-refractivity contribution in [3.05, 3.63) is 0 Å². The number of thioether (sulfide) groups is 2. The lowest BCUT2D eigenvalue weighted by molar-refractivity contribution is -0.134. The van der Waals surface area contributed by atoms with Crippen molar-refractivity contribution in [3.8, 4) is 0 Å². The Labute approximate surface area is 170 Å². The van der Waals surface area contributed by atoms with Gasteiger partial charge in [-0.05, 0) is 13.1 Å². The number of hydrogen-bond donors (Lipinski definition) is 0. The Balaban J connectivity index is 2.19. The van der Waals surface area contributed by atoms with Crippen molar-refractivity contribution in [1.29, 1.82) is 0 Å². The summed E-state index contributed by atoms with van der Waals surface area (Å²) in [4.78, 5) is 23.4. The van der Waals surface area contributed by atoms with Crippen LogP contribution < -0.4 is 0 Å². The normalized spacial score (nSPS) is 21.6. The van der Waals surface area contributed by atoms with Crippen LogP contribution in [0.5, 0.6) is 0 Å². The largest absolute Gasteiger partial charge is 0.347 e. The Hall–Kier alpha value is -0.130. The van der Waals surface area contributed by atoms with Gasteiger partial charge in [0.15, 0.2) is 0 Å². The maximum Gasteiger partial charge on any atom is 0.246 e. The molecule has 142 valence electrons. The zero-order valence-corrected chi connectivity index (χ0v) is 18.6. The Morgan fingerprint density at radius 2 is 1.64 bits per heavy atom. The minimum Gasteiger partial charge on any atom is -0.347 e. The van der Waals surface area contributed by atoms with E-state index in [4.69, 9.17) is 24.4 Å². The third-order valence-electron chi connectivity index (χ3n) is 4.35. The van der Waals surface area contributed by atoms with Crippen molar-refractivity contribution in [2.75, 3.05) is 58.8 Å². The monoisotopic (exact) mass is 421 g/mol. The van der Waals surface area contributed by atoms with E-state index in [0.717, 1.165) is 40.2 Å². The van der Waals surface area contributed by atoms with E-state index >= 15 is 0 Å². The van der Waals surface area contributed by atoms with Gasteiger partial charge in [-0.1, -0.05) is 61.8 Å². The molecule has 2 fully saturated rings. The molecule has 0 aliphatic carbocycles. The van der Waals surface area contributed by atoms with Gasteiger partial charge in [-0.15, -0.1) is 0 Å². The van der Waals surface area contributed by atoms with E-state index in [1.54, 1.807) is 42.5 Å². The van der Waals surface area contributed by atoms with Crippen molar-refractivity contribution in [1.82, 2.24) is 24.5 Å². The highest BCUT2D eigenvalue weighted by atomic mass is 32.2. The van der Waals surface area contributed by atoms with Gasteiger partial charge in [0.05, 0.1) is 25.1 Å². The molecule has 0 aromatic carbocycles. The summed E-state index contributed by atoms with van der Waals surface area (Å²) in [6, 6.07) is -0.320. The molecule has 0 bridgehead atoms. The van der Waals surface area contributed by atoms with Crippen molar-refractivity contribution >= 4 is 62.5 Å². The molecule has 0 aromatic heterocycles. The first kappa shape index (κ1) is 21.2. The fourth-order valence-corrected chi connectivity index (χ4v) is 5.09. The Morgan fingerprint density at radius 1 is 1.08 bits per heavy atom. The van der Waals surface area contributed by atoms with E-state index in [2.05, 4.69) is 33.4 Å². The summed E-state index contributed by atoms with van der Waals surface area (Å²) in [6.45, 7) is 8.22. The molecule has 2 saturated heterocycles. The maximum absolute atomic E-state index is 12.9. The van der Waals surface area contributed by atoms with Crippen molar-refractivity contribution in [2.24, 2.45) is 0 Å². The van der Waals surface area contributed by atoms with Crippen LogP contribution >= 0.6 is 48.0 Å². The number of hydrogen-bond acceptors (Lipinski definition) is 7. The number of carbonyl (C=O) groups excluding carboxylic acids is 1. The third kappa shape index (κ3) is 5.43. The molecule has 0 spiro atoms. The Bertz CT molecular complexity index is 518. The molecule has 1 atom stereocenters. The number of rotatable bonds is 6. The van der Waals surface area contributed by atoms with Crippen LogP contribution in [0, 0.1) is 0 Å². The van der Waals surface area contributed by atoms with Crippen LogP contribution in [-0.2, 0) is 4.79 Å². The lowest BCUT2D eigenvalue weighted by atomic mass is 10.2. The second kappa shape index (κ2) is 9.70. The number of carbonyl (C=O) groups is 1. The van der Waals surface area contributed by atoms with Crippen LogP contribution in [-0.4, -0.2) is 104 Å². The summed E-state index contributed by atoms with van der Waals surface area (Å²) < 4.78 is 1.66. The molecule has 0 aromatic rings. The van der Waals surface area contributed by atoms with Gasteiger partial charge >= 0.3 is 0 Å². The first-order valence-corrected chi connectivity index (χ1v) is 11.2. The van der Waals surface area contributed by atoms with Gasteiger partial charge in [-0.3, -0.25) is 14.6 Å². The molecule has 2 aliphatic rings. The highest BCUT2D eigenvalue weighted by Gasteiger charge is 2.36. The highest BCUT2D eigenvalue weighted by Crippen LogP contribution is 2.24. The molecule has 25 heavy (non-hydrogen) atoms. The van der Waals surface area contributed by atoms with E-state index in [0.29, 0.717) is 13.2 Å². The molecule has 10 heteroatoms. The molecule has 2 aliphatic heterocycles. The number of likely N-dealkylation sites (N-methyl/N-ethyl adjacent to an activating group) is 1. The maximum atomic E-state index is 12.9. The van der Waals surface area contributed by atoms with Gasteiger partial charge in [0, 0.05) is 20.6 Å². The fourth-order valence-electron chi connectivity index (χ4n) is 2.68. The van der Waals surface area contributed by atoms with Crippen molar-refractivity contribution in [2.45, 2.75) is 19.9 Å². The molecule has 1 amide bonds. The van der Waals surface area contributed by atoms with E-state index in [9.17, 15) is 4.79 Å². The summed E-state index contributed by atoms with van der Waals surface area (Å²) in [7, 11) is 3.60. The summed E-state index contributed by atoms with van der Waals surface area (Å²) >= 11 is 14.4. The van der Waals surface area contributed by atoms with Gasteiger partial charge in [-0.25, -0.2) is 0 Å². The zero-order chi connectivity index (χ0) is 18.6. The van der Waals surface area contributed by atoms with Crippen LogP contribution in [0.15, 0.2) is 0 Å². The molecule has 0 radical (unpaired) electrons. The van der Waals surface area contributed by atoms with Gasteiger partial charge in [-0.2, -0.15) is 0 Å². The SMILES string of the molecule is CCN1CSC(=S)N(CC(C(=O)N(C)C)N2CN(CC)CSC2=S)C1. The first-order valence-electron chi connectivity index (χ1n) is 8.38. The lowest BCUT2D eigenvalue weighted by Gasteiger charge is -2.44. The molecular formula is C15H27N5OS4. The van der Waals surface area contributed by atoms with Crippen LogP contribution in [0.1, 0.15) is 13.8 Å². The zero-order valence-electron chi connectivity index (χ0n) is 15.3. The van der Waals surface area contributed by atoms with Crippen LogP contribution in [0.4, 0.5) is 0 Å². The molecule has 6 nitrogen and oxygen atoms in total. The molecule has 0 N–H and O–H groups in total. The van der Waals surface area contributed by atoms with E-state index < -0.39 is 0 Å². The second-order valence-corrected chi connectivity index (χ2v) is 9.43. The third-order valence-corrected chi connectivity index (χ3v) is 7.52. The second-order valence-electron chi connectivity index (χ2n) is 6.28. The van der Waals surface area contributed by atoms with Gasteiger partial charge < -0.3 is 14.7 Å². The number of nitrogens with zero attached hydrogens (tertiary/aromatic N) is 5. The molecule has 2 rings (SSSR count). The lowest BCUT2D eigenvalue weighted by Crippen LogP contribution is -2.59. The average molecular weight is 422 g/mol. The van der Waals surface area contributed by atoms with Gasteiger partial charge in [0.2, 0.25) is 5.91 Å². The van der Waals surface area contributed by atoms with E-state index in [1.807, 2.05) is 0 Å².